The summed E-state index contributed by atoms with van der Waals surface area (Å²) in [5, 5.41) is 0. The molecule has 0 aromatic carbocycles. The maximum absolute atomic E-state index is 12.5. The highest BCUT2D eigenvalue weighted by Gasteiger charge is 2.40. The van der Waals surface area contributed by atoms with Crippen LogP contribution in [0.3, 0.4) is 0 Å². The van der Waals surface area contributed by atoms with E-state index >= 15 is 0 Å². The topological polar surface area (TPSA) is 57.7 Å². The number of piperidine rings is 1. The average molecular weight is 371 g/mol. The number of hydrogen-bond acceptors (Lipinski definition) is 4. The smallest absolute Gasteiger partial charge is 0.246 e. The van der Waals surface area contributed by atoms with Gasteiger partial charge in [-0.1, -0.05) is 0 Å². The number of fused-ring (bicyclic) bond motifs is 1. The van der Waals surface area contributed by atoms with E-state index < -0.39 is 0 Å². The zero-order valence-electron chi connectivity index (χ0n) is 11.4. The number of carbonyl (C=O) groups excluding carboxylic acids is 3. The molecule has 2 aliphatic heterocycles. The number of ketones is 1. The van der Waals surface area contributed by atoms with Gasteiger partial charge in [0.2, 0.25) is 11.8 Å². The monoisotopic (exact) mass is 370 g/mol. The van der Waals surface area contributed by atoms with Gasteiger partial charge in [-0.2, -0.15) is 0 Å². The number of rotatable bonds is 3. The summed E-state index contributed by atoms with van der Waals surface area (Å²) >= 11 is 4.66. The second-order valence-corrected chi connectivity index (χ2v) is 7.78. The van der Waals surface area contributed by atoms with Crippen LogP contribution in [-0.4, -0.2) is 53.1 Å². The Labute approximate surface area is 135 Å². The quantitative estimate of drug-likeness (QED) is 0.763. The molecule has 3 rings (SSSR count). The molecule has 5 nitrogen and oxygen atoms in total. The number of halogens is 1. The highest BCUT2D eigenvalue weighted by molar-refractivity contribution is 9.11. The molecule has 2 fully saturated rings. The van der Waals surface area contributed by atoms with Crippen molar-refractivity contribution >= 4 is 44.9 Å². The number of nitrogens with zero attached hydrogens (tertiary/aromatic N) is 2. The third kappa shape index (κ3) is 2.89. The van der Waals surface area contributed by atoms with E-state index in [1.807, 2.05) is 6.07 Å². The number of carbonyl (C=O) groups is 3. The highest BCUT2D eigenvalue weighted by Crippen LogP contribution is 2.25. The summed E-state index contributed by atoms with van der Waals surface area (Å²) < 4.78 is 0.880. The van der Waals surface area contributed by atoms with E-state index in [1.165, 1.54) is 16.2 Å². The number of hydrogen-bond donors (Lipinski definition) is 0. The summed E-state index contributed by atoms with van der Waals surface area (Å²) in [6.45, 7) is 0.671. The van der Waals surface area contributed by atoms with E-state index in [-0.39, 0.29) is 36.7 Å². The number of Topliss-reactive ketones (excluding diaryl/α,β-unsaturated/α-hetero) is 1. The first-order valence-corrected chi connectivity index (χ1v) is 8.54. The molecule has 2 aliphatic rings. The molecule has 0 spiro atoms. The van der Waals surface area contributed by atoms with Crippen molar-refractivity contribution in [3.05, 3.63) is 20.8 Å². The largest absolute Gasteiger partial charge is 0.329 e. The lowest BCUT2D eigenvalue weighted by Gasteiger charge is -2.42. The number of thiophene rings is 1. The van der Waals surface area contributed by atoms with Crippen LogP contribution < -0.4 is 0 Å². The molecule has 1 atom stereocenters. The van der Waals surface area contributed by atoms with E-state index in [2.05, 4.69) is 15.9 Å². The third-order valence-electron chi connectivity index (χ3n) is 3.93. The molecule has 21 heavy (non-hydrogen) atoms. The predicted octanol–water partition coefficient (Wildman–Crippen LogP) is 1.92. The Bertz CT molecular complexity index is 601. The lowest BCUT2D eigenvalue weighted by atomic mass is 9.98. The Morgan fingerprint density at radius 2 is 2.14 bits per heavy atom. The predicted molar refractivity (Wildman–Crippen MR) is 82.3 cm³/mol. The fourth-order valence-electron chi connectivity index (χ4n) is 2.88. The molecule has 0 bridgehead atoms. The lowest BCUT2D eigenvalue weighted by Crippen LogP contribution is -2.61. The van der Waals surface area contributed by atoms with Crippen LogP contribution in [0.4, 0.5) is 0 Å². The molecule has 1 aromatic heterocycles. The number of piperazine rings is 1. The molecule has 0 saturated carbocycles. The molecule has 2 amide bonds. The molecule has 0 radical (unpaired) electrons. The van der Waals surface area contributed by atoms with Gasteiger partial charge in [0.15, 0.2) is 5.78 Å². The molecule has 7 heteroatoms. The van der Waals surface area contributed by atoms with Crippen molar-refractivity contribution in [2.24, 2.45) is 0 Å². The fourth-order valence-corrected chi connectivity index (χ4v) is 4.19. The van der Waals surface area contributed by atoms with Gasteiger partial charge in [-0.05, 0) is 47.3 Å². The van der Waals surface area contributed by atoms with Gasteiger partial charge in [0.25, 0.3) is 0 Å². The first-order chi connectivity index (χ1) is 10.1. The van der Waals surface area contributed by atoms with Gasteiger partial charge in [-0.25, -0.2) is 0 Å². The van der Waals surface area contributed by atoms with E-state index in [9.17, 15) is 14.4 Å². The van der Waals surface area contributed by atoms with Crippen LogP contribution in [0.25, 0.3) is 0 Å². The van der Waals surface area contributed by atoms with Crippen LogP contribution >= 0.6 is 27.3 Å². The first-order valence-electron chi connectivity index (χ1n) is 6.93. The fraction of sp³-hybridized carbons (Fsp3) is 0.500. The normalized spacial score (nSPS) is 22.4. The van der Waals surface area contributed by atoms with E-state index in [4.69, 9.17) is 0 Å². The van der Waals surface area contributed by atoms with Crippen LogP contribution in [-0.2, 0) is 9.59 Å². The van der Waals surface area contributed by atoms with Crippen LogP contribution in [0.15, 0.2) is 15.9 Å². The van der Waals surface area contributed by atoms with Crippen molar-refractivity contribution in [1.29, 1.82) is 0 Å². The molecule has 3 heterocycles. The second kappa shape index (κ2) is 5.88. The Hall–Kier alpha value is -1.21. The Morgan fingerprint density at radius 1 is 1.33 bits per heavy atom. The zero-order chi connectivity index (χ0) is 15.0. The molecule has 0 aliphatic carbocycles. The minimum Gasteiger partial charge on any atom is -0.329 e. The molecular formula is C14H15BrN2O3S. The summed E-state index contributed by atoms with van der Waals surface area (Å²) in [5.74, 6) is -0.242. The Morgan fingerprint density at radius 3 is 2.86 bits per heavy atom. The Kier molecular flexibility index (Phi) is 4.12. The molecular weight excluding hydrogens is 356 g/mol. The van der Waals surface area contributed by atoms with Crippen molar-refractivity contribution < 1.29 is 14.4 Å². The maximum atomic E-state index is 12.5. The zero-order valence-corrected chi connectivity index (χ0v) is 13.8. The summed E-state index contributed by atoms with van der Waals surface area (Å²) in [5.41, 5.74) is 0. The van der Waals surface area contributed by atoms with Crippen molar-refractivity contribution in [2.45, 2.75) is 25.3 Å². The third-order valence-corrected chi connectivity index (χ3v) is 5.59. The molecule has 1 aromatic rings. The van der Waals surface area contributed by atoms with Gasteiger partial charge in [0, 0.05) is 6.54 Å². The molecule has 112 valence electrons. The SMILES string of the molecule is O=C(CN1CC(=O)N2CCCCC2C1=O)c1ccc(Br)s1. The van der Waals surface area contributed by atoms with Crippen LogP contribution in [0.1, 0.15) is 28.9 Å². The van der Waals surface area contributed by atoms with Crippen molar-refractivity contribution in [1.82, 2.24) is 9.80 Å². The average Bonchev–Trinajstić information content (AvgIpc) is 2.91. The van der Waals surface area contributed by atoms with Gasteiger partial charge < -0.3 is 9.80 Å². The number of amides is 2. The van der Waals surface area contributed by atoms with Gasteiger partial charge in [-0.3, -0.25) is 14.4 Å². The minimum absolute atomic E-state index is 0.0120. The van der Waals surface area contributed by atoms with E-state index in [0.29, 0.717) is 17.8 Å². The van der Waals surface area contributed by atoms with Crippen LogP contribution in [0.5, 0.6) is 0 Å². The summed E-state index contributed by atoms with van der Waals surface area (Å²) in [6.07, 6.45) is 2.62. The van der Waals surface area contributed by atoms with Crippen molar-refractivity contribution in [3.8, 4) is 0 Å². The van der Waals surface area contributed by atoms with E-state index in [1.54, 1.807) is 11.0 Å². The standard InChI is InChI=1S/C14H15BrN2O3S/c15-12-5-4-11(21-12)10(18)7-16-8-13(19)17-6-2-1-3-9(17)14(16)20/h4-5,9H,1-3,6-8H2. The molecule has 1 unspecified atom stereocenters. The summed E-state index contributed by atoms with van der Waals surface area (Å²) in [4.78, 5) is 40.5. The van der Waals surface area contributed by atoms with Gasteiger partial charge in [-0.15, -0.1) is 11.3 Å². The van der Waals surface area contributed by atoms with E-state index in [0.717, 1.165) is 16.6 Å². The second-order valence-electron chi connectivity index (χ2n) is 5.32. The van der Waals surface area contributed by atoms with Gasteiger partial charge in [0.05, 0.1) is 15.2 Å². The van der Waals surface area contributed by atoms with Crippen molar-refractivity contribution in [2.75, 3.05) is 19.6 Å². The van der Waals surface area contributed by atoms with Crippen LogP contribution in [0, 0.1) is 0 Å². The first kappa shape index (κ1) is 14.7. The van der Waals surface area contributed by atoms with Crippen LogP contribution in [0.2, 0.25) is 0 Å². The minimum atomic E-state index is -0.358. The van der Waals surface area contributed by atoms with Gasteiger partial charge in [0.1, 0.15) is 12.6 Å². The maximum Gasteiger partial charge on any atom is 0.246 e. The highest BCUT2D eigenvalue weighted by atomic mass is 79.9. The molecule has 0 N–H and O–H groups in total. The Balaban J connectivity index is 1.72. The lowest BCUT2D eigenvalue weighted by molar-refractivity contribution is -0.157. The summed E-state index contributed by atoms with van der Waals surface area (Å²) in [6, 6.07) is 3.19. The van der Waals surface area contributed by atoms with Crippen molar-refractivity contribution in [3.63, 3.8) is 0 Å². The molecule has 2 saturated heterocycles. The summed E-state index contributed by atoms with van der Waals surface area (Å²) in [7, 11) is 0. The van der Waals surface area contributed by atoms with Gasteiger partial charge >= 0.3 is 0 Å².